The van der Waals surface area contributed by atoms with Crippen molar-refractivity contribution in [3.8, 4) is 11.1 Å². The molecule has 1 unspecified atom stereocenters. The van der Waals surface area contributed by atoms with E-state index in [0.717, 1.165) is 51.1 Å². The lowest BCUT2D eigenvalue weighted by Crippen LogP contribution is -2.47. The summed E-state index contributed by atoms with van der Waals surface area (Å²) in [7, 11) is 0. The maximum atomic E-state index is 13.0. The highest BCUT2D eigenvalue weighted by molar-refractivity contribution is 5.82. The van der Waals surface area contributed by atoms with E-state index in [4.69, 9.17) is 4.74 Å². The first-order chi connectivity index (χ1) is 17.0. The predicted octanol–water partition coefficient (Wildman–Crippen LogP) is 6.17. The van der Waals surface area contributed by atoms with Gasteiger partial charge in [0, 0.05) is 31.9 Å². The maximum Gasteiger partial charge on any atom is 0.316 e. The Morgan fingerprint density at radius 2 is 1.40 bits per heavy atom. The summed E-state index contributed by atoms with van der Waals surface area (Å²) in [5.74, 6) is -0.123. The van der Waals surface area contributed by atoms with Crippen LogP contribution < -0.4 is 4.90 Å². The molecule has 0 N–H and O–H groups in total. The Hall–Kier alpha value is -3.11. The van der Waals surface area contributed by atoms with Gasteiger partial charge in [-0.3, -0.25) is 9.69 Å². The largest absolute Gasteiger partial charge is 0.462 e. The third kappa shape index (κ3) is 6.32. The second-order valence-corrected chi connectivity index (χ2v) is 10.00. The van der Waals surface area contributed by atoms with Gasteiger partial charge in [-0.2, -0.15) is 0 Å². The predicted molar refractivity (Wildman–Crippen MR) is 145 cm³/mol. The molecule has 1 fully saturated rings. The third-order valence-corrected chi connectivity index (χ3v) is 7.07. The first kappa shape index (κ1) is 25.0. The Balaban J connectivity index is 1.29. The molecule has 4 nitrogen and oxygen atoms in total. The number of benzene rings is 3. The molecule has 3 aromatic carbocycles. The topological polar surface area (TPSA) is 32.8 Å². The van der Waals surface area contributed by atoms with Gasteiger partial charge in [0.05, 0.1) is 11.5 Å². The zero-order valence-corrected chi connectivity index (χ0v) is 21.3. The molecule has 1 aliphatic heterocycles. The molecule has 184 valence electrons. The molecule has 0 amide bonds. The number of piperazine rings is 1. The Morgan fingerprint density at radius 1 is 0.829 bits per heavy atom. The van der Waals surface area contributed by atoms with Crippen LogP contribution in [-0.2, 0) is 14.9 Å². The number of carbonyl (C=O) groups is 1. The molecule has 1 saturated heterocycles. The zero-order chi connectivity index (χ0) is 24.7. The van der Waals surface area contributed by atoms with E-state index in [0.29, 0.717) is 0 Å². The van der Waals surface area contributed by atoms with Gasteiger partial charge in [-0.05, 0) is 69.0 Å². The summed E-state index contributed by atoms with van der Waals surface area (Å²) >= 11 is 0. The van der Waals surface area contributed by atoms with Crippen molar-refractivity contribution < 1.29 is 9.53 Å². The average molecular weight is 471 g/mol. The Bertz CT molecular complexity index is 1060. The minimum absolute atomic E-state index is 0.111. The van der Waals surface area contributed by atoms with Crippen molar-refractivity contribution >= 4 is 11.7 Å². The summed E-state index contributed by atoms with van der Waals surface area (Å²) in [4.78, 5) is 18.0. The van der Waals surface area contributed by atoms with Gasteiger partial charge in [0.1, 0.15) is 0 Å². The molecule has 1 heterocycles. The number of anilines is 1. The normalized spacial score (nSPS) is 16.2. The number of esters is 1. The number of nitrogens with zero attached hydrogens (tertiary/aromatic N) is 2. The van der Waals surface area contributed by atoms with Crippen LogP contribution in [0, 0.1) is 0 Å². The van der Waals surface area contributed by atoms with E-state index >= 15 is 0 Å². The van der Waals surface area contributed by atoms with Gasteiger partial charge < -0.3 is 9.64 Å². The molecule has 0 radical (unpaired) electrons. The second kappa shape index (κ2) is 11.5. The van der Waals surface area contributed by atoms with Crippen molar-refractivity contribution in [1.29, 1.82) is 0 Å². The van der Waals surface area contributed by atoms with Crippen LogP contribution in [0.15, 0.2) is 84.9 Å². The molecule has 0 spiro atoms. The van der Waals surface area contributed by atoms with Gasteiger partial charge in [-0.1, -0.05) is 72.8 Å². The van der Waals surface area contributed by atoms with Crippen LogP contribution in [0.25, 0.3) is 11.1 Å². The van der Waals surface area contributed by atoms with Crippen molar-refractivity contribution in [1.82, 2.24) is 4.90 Å². The smallest absolute Gasteiger partial charge is 0.316 e. The maximum absolute atomic E-state index is 13.0. The molecule has 1 atom stereocenters. The SMILES string of the molecule is CC(C)OC(=O)C(C)(CCCN1CCN(c2ccc(-c3ccccc3)cc2)CC1)c1ccccc1. The van der Waals surface area contributed by atoms with Crippen molar-refractivity contribution in [3.63, 3.8) is 0 Å². The van der Waals surface area contributed by atoms with Gasteiger partial charge in [-0.15, -0.1) is 0 Å². The summed E-state index contributed by atoms with van der Waals surface area (Å²) in [5, 5.41) is 0. The Morgan fingerprint density at radius 3 is 2.00 bits per heavy atom. The first-order valence-electron chi connectivity index (χ1n) is 12.8. The fraction of sp³-hybridized carbons (Fsp3) is 0.387. The molecule has 4 heteroatoms. The lowest BCUT2D eigenvalue weighted by atomic mass is 9.78. The molecular weight excluding hydrogens is 432 g/mol. The van der Waals surface area contributed by atoms with E-state index in [1.165, 1.54) is 16.8 Å². The van der Waals surface area contributed by atoms with E-state index in [-0.39, 0.29) is 12.1 Å². The van der Waals surface area contributed by atoms with Crippen molar-refractivity contribution in [2.45, 2.75) is 45.1 Å². The summed E-state index contributed by atoms with van der Waals surface area (Å²) in [6.45, 7) is 11.0. The fourth-order valence-corrected chi connectivity index (χ4v) is 4.90. The number of carbonyl (C=O) groups excluding carboxylic acids is 1. The van der Waals surface area contributed by atoms with Crippen LogP contribution in [0.1, 0.15) is 39.2 Å². The molecule has 1 aliphatic rings. The number of ether oxygens (including phenoxy) is 1. The van der Waals surface area contributed by atoms with E-state index in [1.807, 2.05) is 51.1 Å². The third-order valence-electron chi connectivity index (χ3n) is 7.07. The molecule has 0 aromatic heterocycles. The van der Waals surface area contributed by atoms with Gasteiger partial charge in [0.2, 0.25) is 0 Å². The van der Waals surface area contributed by atoms with E-state index in [9.17, 15) is 4.79 Å². The monoisotopic (exact) mass is 470 g/mol. The Kier molecular flexibility index (Phi) is 8.25. The van der Waals surface area contributed by atoms with Gasteiger partial charge in [0.15, 0.2) is 0 Å². The zero-order valence-electron chi connectivity index (χ0n) is 21.3. The standard InChI is InChI=1S/C31H38N2O2/c1-25(2)35-30(34)31(3,28-13-8-5-9-14-28)19-10-20-32-21-23-33(24-22-32)29-17-15-27(16-18-29)26-11-6-4-7-12-26/h4-9,11-18,25H,10,19-24H2,1-3H3. The quantitative estimate of drug-likeness (QED) is 0.350. The molecule has 0 aliphatic carbocycles. The molecule has 3 aromatic rings. The summed E-state index contributed by atoms with van der Waals surface area (Å²) in [6, 6.07) is 29.5. The first-order valence-corrected chi connectivity index (χ1v) is 12.8. The molecule has 4 rings (SSSR count). The molecular formula is C31H38N2O2. The summed E-state index contributed by atoms with van der Waals surface area (Å²) < 4.78 is 5.65. The van der Waals surface area contributed by atoms with Gasteiger partial charge >= 0.3 is 5.97 Å². The fourth-order valence-electron chi connectivity index (χ4n) is 4.90. The van der Waals surface area contributed by atoms with Crippen molar-refractivity contribution in [3.05, 3.63) is 90.5 Å². The lowest BCUT2D eigenvalue weighted by Gasteiger charge is -2.37. The van der Waals surface area contributed by atoms with Crippen molar-refractivity contribution in [2.24, 2.45) is 0 Å². The van der Waals surface area contributed by atoms with E-state index in [1.54, 1.807) is 0 Å². The Labute approximate surface area is 210 Å². The van der Waals surface area contributed by atoms with E-state index in [2.05, 4.69) is 64.4 Å². The number of hydrogen-bond acceptors (Lipinski definition) is 4. The van der Waals surface area contributed by atoms with Gasteiger partial charge in [0.25, 0.3) is 0 Å². The van der Waals surface area contributed by atoms with Crippen molar-refractivity contribution in [2.75, 3.05) is 37.6 Å². The van der Waals surface area contributed by atoms with E-state index < -0.39 is 5.41 Å². The average Bonchev–Trinajstić information content (AvgIpc) is 2.90. The minimum Gasteiger partial charge on any atom is -0.462 e. The van der Waals surface area contributed by atoms with Crippen LogP contribution in [0.4, 0.5) is 5.69 Å². The van der Waals surface area contributed by atoms with Crippen LogP contribution in [0.3, 0.4) is 0 Å². The molecule has 0 bridgehead atoms. The highest BCUT2D eigenvalue weighted by atomic mass is 16.5. The highest BCUT2D eigenvalue weighted by Crippen LogP contribution is 2.31. The number of hydrogen-bond donors (Lipinski definition) is 0. The second-order valence-electron chi connectivity index (χ2n) is 10.00. The lowest BCUT2D eigenvalue weighted by molar-refractivity contribution is -0.154. The highest BCUT2D eigenvalue weighted by Gasteiger charge is 2.37. The summed E-state index contributed by atoms with van der Waals surface area (Å²) in [5.41, 5.74) is 4.22. The minimum atomic E-state index is -0.617. The van der Waals surface area contributed by atoms with Crippen LogP contribution in [0.2, 0.25) is 0 Å². The van der Waals surface area contributed by atoms with Crippen LogP contribution in [-0.4, -0.2) is 49.7 Å². The van der Waals surface area contributed by atoms with Crippen LogP contribution >= 0.6 is 0 Å². The molecule has 35 heavy (non-hydrogen) atoms. The van der Waals surface area contributed by atoms with Crippen LogP contribution in [0.5, 0.6) is 0 Å². The summed E-state index contributed by atoms with van der Waals surface area (Å²) in [6.07, 6.45) is 1.63. The van der Waals surface area contributed by atoms with Gasteiger partial charge in [-0.25, -0.2) is 0 Å². The number of rotatable bonds is 9. The molecule has 0 saturated carbocycles.